The topological polar surface area (TPSA) is 70.7 Å². The van der Waals surface area contributed by atoms with E-state index < -0.39 is 5.97 Å². The van der Waals surface area contributed by atoms with Gasteiger partial charge in [0.2, 0.25) is 0 Å². The van der Waals surface area contributed by atoms with Crippen LogP contribution in [-0.2, 0) is 4.74 Å². The number of esters is 1. The molecule has 0 saturated carbocycles. The Hall–Kier alpha value is -2.08. The van der Waals surface area contributed by atoms with Crippen LogP contribution in [-0.4, -0.2) is 51.2 Å². The minimum atomic E-state index is -0.401. The maximum Gasteiger partial charge on any atom is 0.337 e. The van der Waals surface area contributed by atoms with Crippen molar-refractivity contribution < 1.29 is 14.3 Å². The summed E-state index contributed by atoms with van der Waals surface area (Å²) in [5.41, 5.74) is 1.07. The molecule has 6 nitrogen and oxygen atoms in total. The monoisotopic (exact) mass is 265 g/mol. The van der Waals surface area contributed by atoms with Crippen molar-refractivity contribution in [3.63, 3.8) is 0 Å². The summed E-state index contributed by atoms with van der Waals surface area (Å²) in [5, 5.41) is 5.41. The number of carbonyl (C=O) groups excluding carboxylic acids is 2. The summed E-state index contributed by atoms with van der Waals surface area (Å²) in [5.74, 6) is -0.401. The van der Waals surface area contributed by atoms with Crippen LogP contribution >= 0.6 is 0 Å². The maximum absolute atomic E-state index is 11.5. The summed E-state index contributed by atoms with van der Waals surface area (Å²) in [7, 11) is 5.20. The molecule has 1 aromatic carbocycles. The zero-order chi connectivity index (χ0) is 14.3. The molecule has 0 aromatic heterocycles. The molecule has 1 rings (SSSR count). The first-order valence-corrected chi connectivity index (χ1v) is 5.91. The highest BCUT2D eigenvalue weighted by Crippen LogP contribution is 2.10. The molecule has 0 aliphatic carbocycles. The van der Waals surface area contributed by atoms with Crippen LogP contribution in [0.2, 0.25) is 0 Å². The number of methoxy groups -OCH3 is 1. The first-order chi connectivity index (χ1) is 9.02. The van der Waals surface area contributed by atoms with Gasteiger partial charge in [-0.05, 0) is 38.4 Å². The molecule has 0 atom stereocenters. The number of nitrogens with zero attached hydrogens (tertiary/aromatic N) is 1. The largest absolute Gasteiger partial charge is 0.465 e. The lowest BCUT2D eigenvalue weighted by Gasteiger charge is -2.11. The summed E-state index contributed by atoms with van der Waals surface area (Å²) in [6.45, 7) is 1.34. The van der Waals surface area contributed by atoms with Gasteiger partial charge in [0.05, 0.1) is 12.7 Å². The number of rotatable bonds is 5. The van der Waals surface area contributed by atoms with Gasteiger partial charge in [-0.3, -0.25) is 0 Å². The highest BCUT2D eigenvalue weighted by molar-refractivity contribution is 5.92. The SMILES string of the molecule is COC(=O)c1ccc(NC(=O)NCCN(C)C)cc1. The van der Waals surface area contributed by atoms with E-state index in [0.717, 1.165) is 6.54 Å². The molecule has 104 valence electrons. The fourth-order valence-corrected chi connectivity index (χ4v) is 1.38. The normalized spacial score (nSPS) is 10.1. The third-order valence-electron chi connectivity index (χ3n) is 2.41. The highest BCUT2D eigenvalue weighted by Gasteiger charge is 2.05. The molecule has 1 aromatic rings. The van der Waals surface area contributed by atoms with Gasteiger partial charge in [-0.25, -0.2) is 9.59 Å². The van der Waals surface area contributed by atoms with Crippen molar-refractivity contribution in [3.8, 4) is 0 Å². The third-order valence-corrected chi connectivity index (χ3v) is 2.41. The maximum atomic E-state index is 11.5. The highest BCUT2D eigenvalue weighted by atomic mass is 16.5. The minimum Gasteiger partial charge on any atom is -0.465 e. The fraction of sp³-hybridized carbons (Fsp3) is 0.385. The minimum absolute atomic E-state index is 0.271. The molecule has 0 heterocycles. The Kier molecular flexibility index (Phi) is 5.81. The Bertz CT molecular complexity index is 429. The first-order valence-electron chi connectivity index (χ1n) is 5.91. The van der Waals surface area contributed by atoms with Crippen LogP contribution in [0.25, 0.3) is 0 Å². The van der Waals surface area contributed by atoms with E-state index in [-0.39, 0.29) is 6.03 Å². The Morgan fingerprint density at radius 2 is 1.84 bits per heavy atom. The summed E-state index contributed by atoms with van der Waals surface area (Å²) in [6.07, 6.45) is 0. The van der Waals surface area contributed by atoms with Crippen molar-refractivity contribution >= 4 is 17.7 Å². The van der Waals surface area contributed by atoms with Crippen LogP contribution in [0, 0.1) is 0 Å². The molecule has 0 aliphatic rings. The number of anilines is 1. The second-order valence-electron chi connectivity index (χ2n) is 4.25. The van der Waals surface area contributed by atoms with Gasteiger partial charge in [-0.15, -0.1) is 0 Å². The summed E-state index contributed by atoms with van der Waals surface area (Å²) < 4.78 is 4.59. The molecule has 0 spiro atoms. The molecule has 0 aliphatic heterocycles. The predicted molar refractivity (Wildman–Crippen MR) is 73.4 cm³/mol. The number of amides is 2. The Morgan fingerprint density at radius 1 is 1.21 bits per heavy atom. The Labute approximate surface area is 112 Å². The van der Waals surface area contributed by atoms with Crippen LogP contribution < -0.4 is 10.6 Å². The second kappa shape index (κ2) is 7.38. The standard InChI is InChI=1S/C13H19N3O3/c1-16(2)9-8-14-13(18)15-11-6-4-10(5-7-11)12(17)19-3/h4-7H,8-9H2,1-3H3,(H2,14,15,18). The van der Waals surface area contributed by atoms with E-state index in [1.54, 1.807) is 24.3 Å². The molecule has 0 saturated heterocycles. The lowest BCUT2D eigenvalue weighted by Crippen LogP contribution is -2.34. The van der Waals surface area contributed by atoms with E-state index in [0.29, 0.717) is 17.8 Å². The van der Waals surface area contributed by atoms with Crippen molar-refractivity contribution in [2.75, 3.05) is 39.6 Å². The van der Waals surface area contributed by atoms with Crippen LogP contribution in [0.3, 0.4) is 0 Å². The van der Waals surface area contributed by atoms with Gasteiger partial charge < -0.3 is 20.3 Å². The number of benzene rings is 1. The number of nitrogens with one attached hydrogen (secondary N) is 2. The van der Waals surface area contributed by atoms with Gasteiger partial charge >= 0.3 is 12.0 Å². The van der Waals surface area contributed by atoms with E-state index in [1.807, 2.05) is 19.0 Å². The molecule has 0 bridgehead atoms. The number of hydrogen-bond donors (Lipinski definition) is 2. The van der Waals surface area contributed by atoms with Gasteiger partial charge in [-0.1, -0.05) is 0 Å². The second-order valence-corrected chi connectivity index (χ2v) is 4.25. The van der Waals surface area contributed by atoms with Gasteiger partial charge in [0.25, 0.3) is 0 Å². The molecule has 19 heavy (non-hydrogen) atoms. The van der Waals surface area contributed by atoms with Crippen molar-refractivity contribution in [2.24, 2.45) is 0 Å². The van der Waals surface area contributed by atoms with Gasteiger partial charge in [0.1, 0.15) is 0 Å². The van der Waals surface area contributed by atoms with E-state index in [1.165, 1.54) is 7.11 Å². The Morgan fingerprint density at radius 3 is 2.37 bits per heavy atom. The molecule has 0 radical (unpaired) electrons. The van der Waals surface area contributed by atoms with Gasteiger partial charge in [-0.2, -0.15) is 0 Å². The van der Waals surface area contributed by atoms with Crippen LogP contribution in [0.1, 0.15) is 10.4 Å². The van der Waals surface area contributed by atoms with E-state index >= 15 is 0 Å². The van der Waals surface area contributed by atoms with Crippen LogP contribution in [0.4, 0.5) is 10.5 Å². The average molecular weight is 265 g/mol. The van der Waals surface area contributed by atoms with E-state index in [4.69, 9.17) is 0 Å². The number of urea groups is 1. The number of likely N-dealkylation sites (N-methyl/N-ethyl adjacent to an activating group) is 1. The number of hydrogen-bond acceptors (Lipinski definition) is 4. The zero-order valence-electron chi connectivity index (χ0n) is 11.4. The Balaban J connectivity index is 2.44. The van der Waals surface area contributed by atoms with Crippen LogP contribution in [0.15, 0.2) is 24.3 Å². The van der Waals surface area contributed by atoms with Crippen molar-refractivity contribution in [1.82, 2.24) is 10.2 Å². The predicted octanol–water partition coefficient (Wildman–Crippen LogP) is 1.16. The molecular weight excluding hydrogens is 246 g/mol. The number of carbonyl (C=O) groups is 2. The first kappa shape index (κ1) is 15.0. The van der Waals surface area contributed by atoms with Crippen molar-refractivity contribution in [2.45, 2.75) is 0 Å². The van der Waals surface area contributed by atoms with Gasteiger partial charge in [0, 0.05) is 18.8 Å². The fourth-order valence-electron chi connectivity index (χ4n) is 1.38. The molecule has 0 unspecified atom stereocenters. The quantitative estimate of drug-likeness (QED) is 0.784. The molecule has 2 amide bonds. The third kappa shape index (κ3) is 5.39. The van der Waals surface area contributed by atoms with Crippen molar-refractivity contribution in [1.29, 1.82) is 0 Å². The zero-order valence-corrected chi connectivity index (χ0v) is 11.4. The average Bonchev–Trinajstić information content (AvgIpc) is 2.38. The summed E-state index contributed by atoms with van der Waals surface area (Å²) in [4.78, 5) is 24.7. The summed E-state index contributed by atoms with van der Waals surface area (Å²) in [6, 6.07) is 6.23. The van der Waals surface area contributed by atoms with E-state index in [2.05, 4.69) is 15.4 Å². The van der Waals surface area contributed by atoms with Crippen LogP contribution in [0.5, 0.6) is 0 Å². The lowest BCUT2D eigenvalue weighted by atomic mass is 10.2. The molecular formula is C13H19N3O3. The van der Waals surface area contributed by atoms with E-state index in [9.17, 15) is 9.59 Å². The molecule has 2 N–H and O–H groups in total. The van der Waals surface area contributed by atoms with Crippen molar-refractivity contribution in [3.05, 3.63) is 29.8 Å². The number of ether oxygens (including phenoxy) is 1. The molecule has 6 heteroatoms. The lowest BCUT2D eigenvalue weighted by molar-refractivity contribution is 0.0601. The smallest absolute Gasteiger partial charge is 0.337 e. The summed E-state index contributed by atoms with van der Waals surface area (Å²) >= 11 is 0. The van der Waals surface area contributed by atoms with Gasteiger partial charge in [0.15, 0.2) is 0 Å². The molecule has 0 fully saturated rings.